The van der Waals surface area contributed by atoms with Crippen molar-refractivity contribution in [1.29, 1.82) is 0 Å². The lowest BCUT2D eigenvalue weighted by atomic mass is 10.1. The Morgan fingerprint density at radius 1 is 1.38 bits per heavy atom. The summed E-state index contributed by atoms with van der Waals surface area (Å²) in [5.41, 5.74) is 0.486. The van der Waals surface area contributed by atoms with Gasteiger partial charge < -0.3 is 9.84 Å². The standard InChI is InChI=1S/C13H17N3O4S/c1-16-7-5-13(14-16)15-21(18,19)12-4-3-11(20-2)9-10(12)6-8-17/h3-5,7,9,17H,6,8H2,1-2H3,(H,14,15). The zero-order chi connectivity index (χ0) is 15.5. The van der Waals surface area contributed by atoms with Crippen molar-refractivity contribution in [2.75, 3.05) is 18.4 Å². The number of nitrogens with one attached hydrogen (secondary N) is 1. The Morgan fingerprint density at radius 2 is 2.14 bits per heavy atom. The molecule has 0 unspecified atom stereocenters. The third-order valence-electron chi connectivity index (χ3n) is 2.89. The number of aryl methyl sites for hydroxylation is 1. The van der Waals surface area contributed by atoms with Gasteiger partial charge in [0.15, 0.2) is 5.82 Å². The van der Waals surface area contributed by atoms with Crippen LogP contribution in [0.15, 0.2) is 35.4 Å². The van der Waals surface area contributed by atoms with E-state index in [1.54, 1.807) is 31.4 Å². The molecule has 21 heavy (non-hydrogen) atoms. The molecule has 0 fully saturated rings. The van der Waals surface area contributed by atoms with Crippen LogP contribution in [0.1, 0.15) is 5.56 Å². The number of nitrogens with zero attached hydrogens (tertiary/aromatic N) is 2. The lowest BCUT2D eigenvalue weighted by Crippen LogP contribution is -2.16. The topological polar surface area (TPSA) is 93.5 Å². The second-order valence-corrected chi connectivity index (χ2v) is 6.08. The number of aromatic nitrogens is 2. The Kier molecular flexibility index (Phi) is 4.49. The van der Waals surface area contributed by atoms with Crippen molar-refractivity contribution in [3.63, 3.8) is 0 Å². The number of rotatable bonds is 6. The minimum absolute atomic E-state index is 0.100. The van der Waals surface area contributed by atoms with Gasteiger partial charge in [0.25, 0.3) is 10.0 Å². The number of anilines is 1. The quantitative estimate of drug-likeness (QED) is 0.821. The van der Waals surface area contributed by atoms with Crippen LogP contribution in [0.25, 0.3) is 0 Å². The fraction of sp³-hybridized carbons (Fsp3) is 0.308. The van der Waals surface area contributed by atoms with Gasteiger partial charge in [-0.2, -0.15) is 5.10 Å². The van der Waals surface area contributed by atoms with Gasteiger partial charge in [0, 0.05) is 25.9 Å². The highest BCUT2D eigenvalue weighted by atomic mass is 32.2. The Balaban J connectivity index is 2.38. The number of aliphatic hydroxyl groups excluding tert-OH is 1. The molecule has 0 saturated carbocycles. The first-order valence-electron chi connectivity index (χ1n) is 6.26. The molecule has 1 aromatic heterocycles. The number of benzene rings is 1. The fourth-order valence-electron chi connectivity index (χ4n) is 1.92. The molecule has 0 spiro atoms. The maximum Gasteiger partial charge on any atom is 0.263 e. The van der Waals surface area contributed by atoms with E-state index in [9.17, 15) is 8.42 Å². The Labute approximate surface area is 123 Å². The number of hydrogen-bond donors (Lipinski definition) is 2. The van der Waals surface area contributed by atoms with E-state index in [1.165, 1.54) is 17.9 Å². The first-order valence-corrected chi connectivity index (χ1v) is 7.75. The van der Waals surface area contributed by atoms with E-state index in [2.05, 4.69) is 9.82 Å². The van der Waals surface area contributed by atoms with E-state index in [0.29, 0.717) is 11.3 Å². The summed E-state index contributed by atoms with van der Waals surface area (Å²) >= 11 is 0. The molecular weight excluding hydrogens is 294 g/mol. The molecular formula is C13H17N3O4S. The van der Waals surface area contributed by atoms with Gasteiger partial charge in [0.05, 0.1) is 12.0 Å². The van der Waals surface area contributed by atoms with Crippen LogP contribution >= 0.6 is 0 Å². The molecule has 2 aromatic rings. The van der Waals surface area contributed by atoms with E-state index < -0.39 is 10.0 Å². The van der Waals surface area contributed by atoms with Gasteiger partial charge in [0.2, 0.25) is 0 Å². The van der Waals surface area contributed by atoms with Crippen LogP contribution in [0.4, 0.5) is 5.82 Å². The maximum absolute atomic E-state index is 12.4. The molecule has 2 N–H and O–H groups in total. The predicted molar refractivity (Wildman–Crippen MR) is 77.8 cm³/mol. The average molecular weight is 311 g/mol. The highest BCUT2D eigenvalue weighted by Crippen LogP contribution is 2.24. The van der Waals surface area contributed by atoms with Gasteiger partial charge in [-0.1, -0.05) is 0 Å². The molecule has 0 aliphatic rings. The lowest BCUT2D eigenvalue weighted by molar-refractivity contribution is 0.298. The van der Waals surface area contributed by atoms with Crippen molar-refractivity contribution in [3.8, 4) is 5.75 Å². The molecule has 0 radical (unpaired) electrons. The van der Waals surface area contributed by atoms with Crippen LogP contribution in [0.5, 0.6) is 5.75 Å². The highest BCUT2D eigenvalue weighted by Gasteiger charge is 2.20. The lowest BCUT2D eigenvalue weighted by Gasteiger charge is -2.12. The molecule has 0 atom stereocenters. The SMILES string of the molecule is COc1ccc(S(=O)(=O)Nc2ccn(C)n2)c(CCO)c1. The summed E-state index contributed by atoms with van der Waals surface area (Å²) in [6.45, 7) is -0.153. The molecule has 1 heterocycles. The van der Waals surface area contributed by atoms with Crippen LogP contribution in [0, 0.1) is 0 Å². The number of sulfonamides is 1. The van der Waals surface area contributed by atoms with Gasteiger partial charge in [-0.25, -0.2) is 8.42 Å². The molecule has 0 bridgehead atoms. The summed E-state index contributed by atoms with van der Waals surface area (Å²) in [7, 11) is -0.575. The first-order chi connectivity index (χ1) is 9.96. The molecule has 8 heteroatoms. The number of methoxy groups -OCH3 is 1. The number of ether oxygens (including phenoxy) is 1. The maximum atomic E-state index is 12.4. The Bertz CT molecular complexity index is 725. The van der Waals surface area contributed by atoms with Crippen LogP contribution in [-0.2, 0) is 23.5 Å². The molecule has 0 amide bonds. The molecule has 0 aliphatic carbocycles. The minimum atomic E-state index is -3.77. The monoisotopic (exact) mass is 311 g/mol. The summed E-state index contributed by atoms with van der Waals surface area (Å²) < 4.78 is 33.8. The zero-order valence-corrected chi connectivity index (χ0v) is 12.6. The molecule has 114 valence electrons. The van der Waals surface area contributed by atoms with Gasteiger partial charge in [-0.15, -0.1) is 0 Å². The van der Waals surface area contributed by atoms with Gasteiger partial charge >= 0.3 is 0 Å². The number of hydrogen-bond acceptors (Lipinski definition) is 5. The van der Waals surface area contributed by atoms with Crippen molar-refractivity contribution >= 4 is 15.8 Å². The van der Waals surface area contributed by atoms with Gasteiger partial charge in [0.1, 0.15) is 5.75 Å². The summed E-state index contributed by atoms with van der Waals surface area (Å²) in [5, 5.41) is 13.1. The smallest absolute Gasteiger partial charge is 0.263 e. The van der Waals surface area contributed by atoms with E-state index in [1.807, 2.05) is 0 Å². The van der Waals surface area contributed by atoms with Crippen molar-refractivity contribution in [2.45, 2.75) is 11.3 Å². The van der Waals surface area contributed by atoms with E-state index in [-0.39, 0.29) is 23.7 Å². The molecule has 0 saturated heterocycles. The van der Waals surface area contributed by atoms with E-state index in [0.717, 1.165) is 0 Å². The van der Waals surface area contributed by atoms with Crippen molar-refractivity contribution in [1.82, 2.24) is 9.78 Å². The second kappa shape index (κ2) is 6.15. The predicted octanol–water partition coefficient (Wildman–Crippen LogP) is 0.764. The van der Waals surface area contributed by atoms with E-state index >= 15 is 0 Å². The summed E-state index contributed by atoms with van der Waals surface area (Å²) in [4.78, 5) is 0.100. The summed E-state index contributed by atoms with van der Waals surface area (Å²) in [6.07, 6.45) is 1.86. The summed E-state index contributed by atoms with van der Waals surface area (Å²) in [5.74, 6) is 0.776. The van der Waals surface area contributed by atoms with Crippen LogP contribution < -0.4 is 9.46 Å². The zero-order valence-electron chi connectivity index (χ0n) is 11.8. The Morgan fingerprint density at radius 3 is 2.71 bits per heavy atom. The molecule has 0 aliphatic heterocycles. The third-order valence-corrected chi connectivity index (χ3v) is 4.35. The van der Waals surface area contributed by atoms with Crippen LogP contribution in [-0.4, -0.2) is 37.0 Å². The normalized spacial score (nSPS) is 11.4. The van der Waals surface area contributed by atoms with Crippen molar-refractivity contribution in [2.24, 2.45) is 7.05 Å². The van der Waals surface area contributed by atoms with Gasteiger partial charge in [-0.3, -0.25) is 9.40 Å². The van der Waals surface area contributed by atoms with Gasteiger partial charge in [-0.05, 0) is 30.2 Å². The fourth-order valence-corrected chi connectivity index (χ4v) is 3.17. The average Bonchev–Trinajstić information content (AvgIpc) is 2.83. The van der Waals surface area contributed by atoms with Crippen LogP contribution in [0.3, 0.4) is 0 Å². The highest BCUT2D eigenvalue weighted by molar-refractivity contribution is 7.92. The van der Waals surface area contributed by atoms with Crippen LogP contribution in [0.2, 0.25) is 0 Å². The number of aliphatic hydroxyl groups is 1. The minimum Gasteiger partial charge on any atom is -0.497 e. The van der Waals surface area contributed by atoms with E-state index in [4.69, 9.17) is 9.84 Å². The first kappa shape index (κ1) is 15.3. The molecule has 1 aromatic carbocycles. The molecule has 2 rings (SSSR count). The molecule has 7 nitrogen and oxygen atoms in total. The van der Waals surface area contributed by atoms with Crippen molar-refractivity contribution in [3.05, 3.63) is 36.0 Å². The third kappa shape index (κ3) is 3.53. The largest absolute Gasteiger partial charge is 0.497 e. The Hall–Kier alpha value is -2.06. The summed E-state index contributed by atoms with van der Waals surface area (Å²) in [6, 6.07) is 6.18. The second-order valence-electron chi connectivity index (χ2n) is 4.43. The van der Waals surface area contributed by atoms with Crippen molar-refractivity contribution < 1.29 is 18.3 Å².